The summed E-state index contributed by atoms with van der Waals surface area (Å²) in [4.78, 5) is 7.94. The number of nitrogens with zero attached hydrogens (tertiary/aromatic N) is 2. The molecule has 0 bridgehead atoms. The van der Waals surface area contributed by atoms with Gasteiger partial charge in [0.25, 0.3) is 0 Å². The van der Waals surface area contributed by atoms with Gasteiger partial charge in [-0.25, -0.2) is 9.98 Å². The van der Waals surface area contributed by atoms with E-state index in [0.29, 0.717) is 5.89 Å². The first-order valence-electron chi connectivity index (χ1n) is 5.22. The van der Waals surface area contributed by atoms with E-state index in [2.05, 4.69) is 9.98 Å². The maximum Gasteiger partial charge on any atom is 0.216 e. The summed E-state index contributed by atoms with van der Waals surface area (Å²) in [6, 6.07) is 8.01. The summed E-state index contributed by atoms with van der Waals surface area (Å²) in [6.45, 7) is 2.29. The van der Waals surface area contributed by atoms with Crippen LogP contribution in [-0.2, 0) is 6.54 Å². The third kappa shape index (κ3) is 2.84. The van der Waals surface area contributed by atoms with Gasteiger partial charge < -0.3 is 15.9 Å². The number of aromatic nitrogens is 1. The van der Waals surface area contributed by atoms with Crippen molar-refractivity contribution in [2.75, 3.05) is 0 Å². The van der Waals surface area contributed by atoms with Crippen molar-refractivity contribution in [2.24, 2.45) is 16.5 Å². The minimum Gasteiger partial charge on any atom is -0.439 e. The minimum absolute atomic E-state index is 0.0281. The molecule has 0 fully saturated rings. The number of benzene rings is 1. The number of hydrogen-bond donors (Lipinski definition) is 2. The zero-order valence-electron chi connectivity index (χ0n) is 9.55. The molecule has 1 aromatic heterocycles. The lowest BCUT2D eigenvalue weighted by Gasteiger charge is -1.97. The fraction of sp³-hybridized carbons (Fsp3) is 0.167. The third-order valence-electron chi connectivity index (χ3n) is 2.25. The predicted molar refractivity (Wildman–Crippen MR) is 66.2 cm³/mol. The van der Waals surface area contributed by atoms with Crippen LogP contribution in [0.2, 0.25) is 0 Å². The van der Waals surface area contributed by atoms with Crippen molar-refractivity contribution in [3.63, 3.8) is 0 Å². The lowest BCUT2D eigenvalue weighted by molar-refractivity contribution is 0.510. The Bertz CT molecular complexity index is 541. The summed E-state index contributed by atoms with van der Waals surface area (Å²) < 4.78 is 5.55. The Morgan fingerprint density at radius 1 is 1.41 bits per heavy atom. The summed E-state index contributed by atoms with van der Waals surface area (Å²) in [6.07, 6.45) is 1.67. The van der Waals surface area contributed by atoms with Crippen LogP contribution in [0.4, 0.5) is 0 Å². The SMILES string of the molecule is Cc1cccc(-c2cnc(CN=C(N)N)o2)c1. The van der Waals surface area contributed by atoms with Gasteiger partial charge in [0.05, 0.1) is 6.20 Å². The van der Waals surface area contributed by atoms with Gasteiger partial charge in [0.2, 0.25) is 5.89 Å². The molecular weight excluding hydrogens is 216 g/mol. The van der Waals surface area contributed by atoms with Crippen LogP contribution in [0.15, 0.2) is 39.9 Å². The van der Waals surface area contributed by atoms with Gasteiger partial charge in [0.1, 0.15) is 6.54 Å². The Hall–Kier alpha value is -2.30. The summed E-state index contributed by atoms with van der Waals surface area (Å²) in [7, 11) is 0. The molecule has 4 N–H and O–H groups in total. The highest BCUT2D eigenvalue weighted by Gasteiger charge is 2.05. The Morgan fingerprint density at radius 2 is 2.24 bits per heavy atom. The Balaban J connectivity index is 2.21. The molecule has 1 heterocycles. The average molecular weight is 230 g/mol. The number of rotatable bonds is 3. The number of aliphatic imine (C=N–C) groups is 1. The first kappa shape index (κ1) is 11.2. The van der Waals surface area contributed by atoms with Crippen molar-refractivity contribution in [1.82, 2.24) is 4.98 Å². The second-order valence-electron chi connectivity index (χ2n) is 3.73. The molecular formula is C12H14N4O. The lowest BCUT2D eigenvalue weighted by atomic mass is 10.1. The minimum atomic E-state index is 0.0281. The first-order valence-corrected chi connectivity index (χ1v) is 5.22. The highest BCUT2D eigenvalue weighted by molar-refractivity contribution is 5.75. The predicted octanol–water partition coefficient (Wildman–Crippen LogP) is 1.42. The molecule has 2 aromatic rings. The topological polar surface area (TPSA) is 90.4 Å². The quantitative estimate of drug-likeness (QED) is 0.616. The lowest BCUT2D eigenvalue weighted by Crippen LogP contribution is -2.22. The largest absolute Gasteiger partial charge is 0.439 e. The van der Waals surface area contributed by atoms with Crippen LogP contribution in [0.5, 0.6) is 0 Å². The molecule has 0 saturated heterocycles. The molecule has 2 rings (SSSR count). The smallest absolute Gasteiger partial charge is 0.216 e. The highest BCUT2D eigenvalue weighted by atomic mass is 16.4. The molecule has 0 spiro atoms. The molecule has 0 aliphatic heterocycles. The van der Waals surface area contributed by atoms with E-state index >= 15 is 0 Å². The van der Waals surface area contributed by atoms with E-state index in [1.165, 1.54) is 5.56 Å². The zero-order valence-corrected chi connectivity index (χ0v) is 9.55. The molecule has 0 amide bonds. The van der Waals surface area contributed by atoms with E-state index in [0.717, 1.165) is 11.3 Å². The third-order valence-corrected chi connectivity index (χ3v) is 2.25. The van der Waals surface area contributed by atoms with Crippen LogP contribution in [0, 0.1) is 6.92 Å². The molecule has 17 heavy (non-hydrogen) atoms. The average Bonchev–Trinajstić information content (AvgIpc) is 2.75. The molecule has 5 heteroatoms. The van der Waals surface area contributed by atoms with Gasteiger partial charge in [-0.15, -0.1) is 0 Å². The maximum absolute atomic E-state index is 5.55. The Morgan fingerprint density at radius 3 is 2.94 bits per heavy atom. The van der Waals surface area contributed by atoms with Crippen LogP contribution < -0.4 is 11.5 Å². The Labute approximate surface area is 99.2 Å². The summed E-state index contributed by atoms with van der Waals surface area (Å²) >= 11 is 0. The molecule has 5 nitrogen and oxygen atoms in total. The van der Waals surface area contributed by atoms with Gasteiger partial charge in [0.15, 0.2) is 11.7 Å². The number of guanidine groups is 1. The fourth-order valence-electron chi connectivity index (χ4n) is 1.47. The summed E-state index contributed by atoms with van der Waals surface area (Å²) in [5.41, 5.74) is 12.6. The molecule has 0 saturated carbocycles. The standard InChI is InChI=1S/C12H14N4O/c1-8-3-2-4-9(5-8)10-6-15-11(17-10)7-16-12(13)14/h2-6H,7H2,1H3,(H4,13,14,16). The molecule has 0 aliphatic rings. The van der Waals surface area contributed by atoms with E-state index in [1.54, 1.807) is 6.20 Å². The highest BCUT2D eigenvalue weighted by Crippen LogP contribution is 2.21. The molecule has 0 atom stereocenters. The van der Waals surface area contributed by atoms with Crippen LogP contribution in [0.1, 0.15) is 11.5 Å². The van der Waals surface area contributed by atoms with Gasteiger partial charge in [0, 0.05) is 5.56 Å². The monoisotopic (exact) mass is 230 g/mol. The van der Waals surface area contributed by atoms with E-state index < -0.39 is 0 Å². The molecule has 0 unspecified atom stereocenters. The van der Waals surface area contributed by atoms with Crippen LogP contribution in [-0.4, -0.2) is 10.9 Å². The normalized spacial score (nSPS) is 10.2. The molecule has 1 aromatic carbocycles. The van der Waals surface area contributed by atoms with Crippen LogP contribution in [0.25, 0.3) is 11.3 Å². The summed E-state index contributed by atoms with van der Waals surface area (Å²) in [5.74, 6) is 1.24. The fourth-order valence-corrected chi connectivity index (χ4v) is 1.47. The van der Waals surface area contributed by atoms with Crippen molar-refractivity contribution in [1.29, 1.82) is 0 Å². The number of nitrogens with two attached hydrogens (primary N) is 2. The first-order chi connectivity index (χ1) is 8.15. The Kier molecular flexibility index (Phi) is 3.09. The van der Waals surface area contributed by atoms with Gasteiger partial charge in [-0.3, -0.25) is 0 Å². The number of hydrogen-bond acceptors (Lipinski definition) is 3. The second kappa shape index (κ2) is 4.69. The molecule has 0 aliphatic carbocycles. The molecule has 88 valence electrons. The van der Waals surface area contributed by atoms with Crippen molar-refractivity contribution < 1.29 is 4.42 Å². The zero-order chi connectivity index (χ0) is 12.3. The van der Waals surface area contributed by atoms with Crippen LogP contribution >= 0.6 is 0 Å². The van der Waals surface area contributed by atoms with E-state index in [-0.39, 0.29) is 12.5 Å². The van der Waals surface area contributed by atoms with Crippen molar-refractivity contribution in [2.45, 2.75) is 13.5 Å². The van der Waals surface area contributed by atoms with Crippen LogP contribution in [0.3, 0.4) is 0 Å². The van der Waals surface area contributed by atoms with Crippen molar-refractivity contribution in [3.05, 3.63) is 41.9 Å². The van der Waals surface area contributed by atoms with Gasteiger partial charge in [-0.05, 0) is 13.0 Å². The second-order valence-corrected chi connectivity index (χ2v) is 3.73. The number of oxazole rings is 1. The summed E-state index contributed by atoms with van der Waals surface area (Å²) in [5, 5.41) is 0. The van der Waals surface area contributed by atoms with Gasteiger partial charge in [-0.1, -0.05) is 23.8 Å². The van der Waals surface area contributed by atoms with E-state index in [9.17, 15) is 0 Å². The van der Waals surface area contributed by atoms with Crippen molar-refractivity contribution >= 4 is 5.96 Å². The van der Waals surface area contributed by atoms with Crippen molar-refractivity contribution in [3.8, 4) is 11.3 Å². The molecule has 0 radical (unpaired) electrons. The number of aryl methyl sites for hydroxylation is 1. The maximum atomic E-state index is 5.55. The van der Waals surface area contributed by atoms with Gasteiger partial charge in [-0.2, -0.15) is 0 Å². The van der Waals surface area contributed by atoms with E-state index in [4.69, 9.17) is 15.9 Å². The van der Waals surface area contributed by atoms with Gasteiger partial charge >= 0.3 is 0 Å². The van der Waals surface area contributed by atoms with E-state index in [1.807, 2.05) is 31.2 Å².